The Labute approximate surface area is 191 Å². The molecule has 0 atom stereocenters. The highest BCUT2D eigenvalue weighted by Gasteiger charge is 2.35. The van der Waals surface area contributed by atoms with Gasteiger partial charge in [0, 0.05) is 32.7 Å². The van der Waals surface area contributed by atoms with E-state index in [2.05, 4.69) is 15.0 Å². The molecule has 0 spiro atoms. The molecule has 0 saturated carbocycles. The summed E-state index contributed by atoms with van der Waals surface area (Å²) in [5.41, 5.74) is 3.58. The van der Waals surface area contributed by atoms with E-state index in [0.717, 1.165) is 11.4 Å². The normalized spacial score (nSPS) is 13.8. The van der Waals surface area contributed by atoms with Gasteiger partial charge in [-0.05, 0) is 50.2 Å². The maximum absolute atomic E-state index is 13.6. The topological polar surface area (TPSA) is 97.5 Å². The van der Waals surface area contributed by atoms with Gasteiger partial charge in [0.15, 0.2) is 16.9 Å². The molecule has 1 aliphatic rings. The smallest absolute Gasteiger partial charge is 0.266 e. The van der Waals surface area contributed by atoms with E-state index in [1.807, 2.05) is 19.9 Å². The number of hydrogen-bond acceptors (Lipinski definition) is 6. The van der Waals surface area contributed by atoms with Crippen molar-refractivity contribution in [3.8, 4) is 0 Å². The molecular weight excluding hydrogens is 430 g/mol. The molecule has 4 heterocycles. The first-order chi connectivity index (χ1) is 16.5. The van der Waals surface area contributed by atoms with E-state index in [1.54, 1.807) is 48.5 Å². The summed E-state index contributed by atoms with van der Waals surface area (Å²) in [4.78, 5) is 55.4. The van der Waals surface area contributed by atoms with Gasteiger partial charge in [-0.2, -0.15) is 0 Å². The highest BCUT2D eigenvalue weighted by molar-refractivity contribution is 6.38. The Balaban J connectivity index is 1.63. The number of aryl methyl sites for hydroxylation is 2. The molecule has 0 radical (unpaired) electrons. The van der Waals surface area contributed by atoms with Crippen LogP contribution in [0.1, 0.15) is 32.1 Å². The Morgan fingerprint density at radius 3 is 2.00 bits per heavy atom. The second kappa shape index (κ2) is 6.20. The number of rotatable bonds is 1. The minimum atomic E-state index is -0.423. The van der Waals surface area contributed by atoms with E-state index in [4.69, 9.17) is 0 Å². The van der Waals surface area contributed by atoms with Crippen molar-refractivity contribution < 1.29 is 9.59 Å². The van der Waals surface area contributed by atoms with E-state index < -0.39 is 11.8 Å². The first-order valence-electron chi connectivity index (χ1n) is 10.8. The number of anilines is 1. The first-order valence-corrected chi connectivity index (χ1v) is 10.8. The zero-order chi connectivity index (χ0) is 23.3. The lowest BCUT2D eigenvalue weighted by molar-refractivity contribution is 0.0893. The molecule has 0 aliphatic carbocycles. The van der Waals surface area contributed by atoms with Gasteiger partial charge in [-0.15, -0.1) is 0 Å². The van der Waals surface area contributed by atoms with Crippen LogP contribution < -0.4 is 10.5 Å². The van der Waals surface area contributed by atoms with Crippen LogP contribution in [0.3, 0.4) is 0 Å². The summed E-state index contributed by atoms with van der Waals surface area (Å²) in [7, 11) is 0. The van der Waals surface area contributed by atoms with Gasteiger partial charge in [0.1, 0.15) is 0 Å². The number of aromatic nitrogens is 4. The molecule has 0 bridgehead atoms. The number of amides is 2. The van der Waals surface area contributed by atoms with Gasteiger partial charge < -0.3 is 0 Å². The number of fused-ring (bicyclic) bond motifs is 4. The van der Waals surface area contributed by atoms with Crippen LogP contribution in [0.5, 0.6) is 0 Å². The van der Waals surface area contributed by atoms with E-state index in [-0.39, 0.29) is 5.56 Å². The van der Waals surface area contributed by atoms with Gasteiger partial charge in [0.25, 0.3) is 17.4 Å². The van der Waals surface area contributed by atoms with E-state index in [9.17, 15) is 14.4 Å². The maximum atomic E-state index is 13.6. The fourth-order valence-corrected chi connectivity index (χ4v) is 4.91. The van der Waals surface area contributed by atoms with Crippen molar-refractivity contribution in [2.45, 2.75) is 13.8 Å². The molecule has 1 aliphatic heterocycles. The number of imide groups is 1. The lowest BCUT2D eigenvalue weighted by Crippen LogP contribution is -2.40. The summed E-state index contributed by atoms with van der Waals surface area (Å²) in [6.45, 7) is 3.68. The third-order valence-electron chi connectivity index (χ3n) is 6.62. The number of imidazole rings is 1. The minimum Gasteiger partial charge on any atom is -0.268 e. The highest BCUT2D eigenvalue weighted by Crippen LogP contribution is 2.38. The Morgan fingerprint density at radius 2 is 1.29 bits per heavy atom. The summed E-state index contributed by atoms with van der Waals surface area (Å²) < 4.78 is 1.47. The fourth-order valence-electron chi connectivity index (χ4n) is 4.91. The number of para-hydroxylation sites is 1. The molecule has 8 heteroatoms. The molecular formula is C26H15N5O3. The molecule has 2 amide bonds. The summed E-state index contributed by atoms with van der Waals surface area (Å²) in [6, 6.07) is 15.6. The van der Waals surface area contributed by atoms with Gasteiger partial charge >= 0.3 is 0 Å². The number of carbonyl (C=O) groups excluding carboxylic acids is 2. The summed E-state index contributed by atoms with van der Waals surface area (Å²) >= 11 is 0. The van der Waals surface area contributed by atoms with Crippen molar-refractivity contribution in [1.82, 2.24) is 19.4 Å². The highest BCUT2D eigenvalue weighted by atomic mass is 16.2. The Morgan fingerprint density at radius 1 is 0.647 bits per heavy atom. The SMILES string of the molecule is Cc1nc2nc3c4ccc5c6c(ccc(c(=O)n3c2nc1C)c64)C(=O)N(c1ccccc1)C5=O. The van der Waals surface area contributed by atoms with Crippen LogP contribution in [0.15, 0.2) is 59.4 Å². The summed E-state index contributed by atoms with van der Waals surface area (Å²) in [5, 5.41) is 2.11. The maximum Gasteiger partial charge on any atom is 0.266 e. The monoisotopic (exact) mass is 445 g/mol. The second-order valence-corrected chi connectivity index (χ2v) is 8.47. The molecule has 34 heavy (non-hydrogen) atoms. The van der Waals surface area contributed by atoms with E-state index in [0.29, 0.717) is 55.3 Å². The van der Waals surface area contributed by atoms with Crippen LogP contribution in [0.2, 0.25) is 0 Å². The number of hydrogen-bond donors (Lipinski definition) is 0. The zero-order valence-electron chi connectivity index (χ0n) is 18.2. The van der Waals surface area contributed by atoms with Crippen LogP contribution in [0.25, 0.3) is 38.5 Å². The van der Waals surface area contributed by atoms with Gasteiger partial charge in [-0.3, -0.25) is 14.4 Å². The molecule has 7 rings (SSSR count). The van der Waals surface area contributed by atoms with E-state index >= 15 is 0 Å². The lowest BCUT2D eigenvalue weighted by atomic mass is 9.90. The Kier molecular flexibility index (Phi) is 3.43. The third kappa shape index (κ3) is 2.17. The largest absolute Gasteiger partial charge is 0.268 e. The lowest BCUT2D eigenvalue weighted by Gasteiger charge is -2.27. The van der Waals surface area contributed by atoms with Crippen LogP contribution >= 0.6 is 0 Å². The Bertz CT molecular complexity index is 1920. The van der Waals surface area contributed by atoms with Crippen LogP contribution in [-0.2, 0) is 0 Å². The number of pyridine rings is 1. The molecule has 6 aromatic rings. The molecule has 0 saturated heterocycles. The number of benzene rings is 3. The molecule has 0 fully saturated rings. The van der Waals surface area contributed by atoms with Crippen molar-refractivity contribution in [2.75, 3.05) is 4.90 Å². The predicted octanol–water partition coefficient (Wildman–Crippen LogP) is 3.80. The standard InChI is InChI=1S/C26H15N5O3/c1-12-13(2)28-23-21(27-12)29-22-15-8-9-17-20-18(11-10-16(19(15)20)26(34)31(22)23)25(33)30(24(17)32)14-6-4-3-5-7-14/h3-11H,1-2H3. The zero-order valence-corrected chi connectivity index (χ0v) is 18.2. The second-order valence-electron chi connectivity index (χ2n) is 8.47. The molecule has 0 N–H and O–H groups in total. The molecule has 3 aromatic heterocycles. The van der Waals surface area contributed by atoms with Crippen molar-refractivity contribution >= 4 is 56.0 Å². The van der Waals surface area contributed by atoms with Crippen molar-refractivity contribution in [2.24, 2.45) is 0 Å². The summed E-state index contributed by atoms with van der Waals surface area (Å²) in [6.07, 6.45) is 0. The molecule has 3 aromatic carbocycles. The Hall–Kier alpha value is -4.72. The minimum absolute atomic E-state index is 0.309. The van der Waals surface area contributed by atoms with Gasteiger partial charge in [0.05, 0.1) is 17.1 Å². The van der Waals surface area contributed by atoms with Crippen LogP contribution in [0, 0.1) is 13.8 Å². The molecule has 162 valence electrons. The average molecular weight is 445 g/mol. The number of carbonyl (C=O) groups is 2. The first kappa shape index (κ1) is 18.8. The van der Waals surface area contributed by atoms with E-state index in [1.165, 1.54) is 9.30 Å². The van der Waals surface area contributed by atoms with Gasteiger partial charge in [-0.25, -0.2) is 24.3 Å². The van der Waals surface area contributed by atoms with Crippen molar-refractivity contribution in [3.05, 3.63) is 87.5 Å². The van der Waals surface area contributed by atoms with Gasteiger partial charge in [-0.1, -0.05) is 18.2 Å². The number of nitrogens with zero attached hydrogens (tertiary/aromatic N) is 5. The van der Waals surface area contributed by atoms with Crippen molar-refractivity contribution in [3.63, 3.8) is 0 Å². The quantitative estimate of drug-likeness (QED) is 0.357. The van der Waals surface area contributed by atoms with Crippen molar-refractivity contribution in [1.29, 1.82) is 0 Å². The predicted molar refractivity (Wildman–Crippen MR) is 128 cm³/mol. The average Bonchev–Trinajstić information content (AvgIpc) is 3.20. The third-order valence-corrected chi connectivity index (χ3v) is 6.62. The molecule has 8 nitrogen and oxygen atoms in total. The van der Waals surface area contributed by atoms with Gasteiger partial charge in [0.2, 0.25) is 0 Å². The van der Waals surface area contributed by atoms with Crippen LogP contribution in [0.4, 0.5) is 5.69 Å². The van der Waals surface area contributed by atoms with Crippen LogP contribution in [-0.4, -0.2) is 31.2 Å². The summed E-state index contributed by atoms with van der Waals surface area (Å²) in [5.74, 6) is -0.845. The molecule has 0 unspecified atom stereocenters. The fraction of sp³-hybridized carbons (Fsp3) is 0.0769.